The van der Waals surface area contributed by atoms with Crippen LogP contribution in [0.25, 0.3) is 6.08 Å². The van der Waals surface area contributed by atoms with E-state index in [-0.39, 0.29) is 59.7 Å². The molecule has 2 aromatic rings. The Kier molecular flexibility index (Phi) is 10.4. The number of quaternary nitrogens is 1. The Hall–Kier alpha value is -3.29. The molecule has 0 saturated carbocycles. The Morgan fingerprint density at radius 2 is 1.68 bits per heavy atom. The first kappa shape index (κ1) is 28.7. The molecule has 0 amide bonds. The van der Waals surface area contributed by atoms with E-state index in [9.17, 15) is 19.8 Å². The van der Waals surface area contributed by atoms with Crippen LogP contribution >= 0.6 is 0 Å². The highest BCUT2D eigenvalue weighted by Gasteiger charge is 2.22. The molecule has 0 unspecified atom stereocenters. The van der Waals surface area contributed by atoms with E-state index in [1.807, 2.05) is 41.1 Å². The maximum Gasteiger partial charge on any atom is 0.367 e. The summed E-state index contributed by atoms with van der Waals surface area (Å²) in [6, 6.07) is 8.05. The maximum absolute atomic E-state index is 12.9. The molecule has 0 aliphatic carbocycles. The van der Waals surface area contributed by atoms with Gasteiger partial charge >= 0.3 is 5.97 Å². The van der Waals surface area contributed by atoms with Crippen molar-refractivity contribution in [3.63, 3.8) is 0 Å². The van der Waals surface area contributed by atoms with Gasteiger partial charge in [-0.25, -0.2) is 4.79 Å². The van der Waals surface area contributed by atoms with Crippen molar-refractivity contribution in [1.82, 2.24) is 0 Å². The van der Waals surface area contributed by atoms with Crippen LogP contribution in [0.3, 0.4) is 0 Å². The molecule has 0 fully saturated rings. The molecule has 0 aliphatic heterocycles. The molecule has 0 aliphatic rings. The lowest BCUT2D eigenvalue weighted by Crippen LogP contribution is -3.00. The summed E-state index contributed by atoms with van der Waals surface area (Å²) in [5, 5.41) is 20.9. The lowest BCUT2D eigenvalue weighted by molar-refractivity contribution is -0.862. The minimum Gasteiger partial charge on any atom is -1.00 e. The highest BCUT2D eigenvalue weighted by molar-refractivity contribution is 6.11. The number of likely N-dealkylation sites (N-methyl/N-ethyl adjacent to an activating group) is 1. The SMILES string of the molecule is COc1cc(O)c(CC=C(C)C)c(O)c1C(=O)/C=C/c1ccc(OC(=O)C[N+](C)(C)C)cc1.[Cl-]. The Labute approximate surface area is 206 Å². The molecule has 8 heteroatoms. The number of benzene rings is 2. The number of halogens is 1. The van der Waals surface area contributed by atoms with Crippen LogP contribution < -0.4 is 21.9 Å². The van der Waals surface area contributed by atoms with Crippen molar-refractivity contribution in [3.05, 3.63) is 64.7 Å². The zero-order valence-corrected chi connectivity index (χ0v) is 21.1. The van der Waals surface area contributed by atoms with Crippen LogP contribution in [0.1, 0.15) is 35.3 Å². The molecule has 2 rings (SSSR count). The first-order chi connectivity index (χ1) is 15.4. The average Bonchev–Trinajstić information content (AvgIpc) is 2.70. The molecule has 34 heavy (non-hydrogen) atoms. The van der Waals surface area contributed by atoms with E-state index in [0.717, 1.165) is 5.57 Å². The number of carbonyl (C=O) groups is 2. The van der Waals surface area contributed by atoms with Crippen LogP contribution in [0.2, 0.25) is 0 Å². The lowest BCUT2D eigenvalue weighted by atomic mass is 9.99. The quantitative estimate of drug-likeness (QED) is 0.137. The van der Waals surface area contributed by atoms with Crippen molar-refractivity contribution in [2.75, 3.05) is 34.8 Å². The predicted molar refractivity (Wildman–Crippen MR) is 128 cm³/mol. The molecule has 0 radical (unpaired) electrons. The van der Waals surface area contributed by atoms with E-state index in [2.05, 4.69) is 0 Å². The van der Waals surface area contributed by atoms with Gasteiger partial charge in [0.1, 0.15) is 28.6 Å². The second-order valence-corrected chi connectivity index (χ2v) is 8.97. The van der Waals surface area contributed by atoms with Crippen LogP contribution in [-0.4, -0.2) is 61.2 Å². The van der Waals surface area contributed by atoms with Crippen molar-refractivity contribution in [2.24, 2.45) is 0 Å². The third kappa shape index (κ3) is 8.24. The van der Waals surface area contributed by atoms with Crippen molar-refractivity contribution in [3.8, 4) is 23.0 Å². The molecule has 0 heterocycles. The van der Waals surface area contributed by atoms with Gasteiger partial charge in [-0.2, -0.15) is 0 Å². The molecule has 0 atom stereocenters. The summed E-state index contributed by atoms with van der Waals surface area (Å²) in [5.41, 5.74) is 1.96. The van der Waals surface area contributed by atoms with Gasteiger partial charge < -0.3 is 36.6 Å². The number of nitrogens with zero attached hydrogens (tertiary/aromatic N) is 1. The molecule has 2 aromatic carbocycles. The fourth-order valence-electron chi connectivity index (χ4n) is 3.03. The number of phenolic OH excluding ortho intramolecular Hbond substituents is 2. The zero-order chi connectivity index (χ0) is 24.8. The summed E-state index contributed by atoms with van der Waals surface area (Å²) < 4.78 is 11.0. The number of carbonyl (C=O) groups excluding carboxylic acids is 2. The van der Waals surface area contributed by atoms with Gasteiger partial charge in [0.05, 0.1) is 28.3 Å². The Morgan fingerprint density at radius 1 is 1.06 bits per heavy atom. The second kappa shape index (κ2) is 12.3. The molecule has 2 N–H and O–H groups in total. The van der Waals surface area contributed by atoms with E-state index in [4.69, 9.17) is 9.47 Å². The van der Waals surface area contributed by atoms with Crippen LogP contribution in [0, 0.1) is 0 Å². The smallest absolute Gasteiger partial charge is 0.367 e. The van der Waals surface area contributed by atoms with E-state index in [1.54, 1.807) is 30.3 Å². The normalized spacial score (nSPS) is 11.0. The largest absolute Gasteiger partial charge is 1.00 e. The molecule has 7 nitrogen and oxygen atoms in total. The van der Waals surface area contributed by atoms with Crippen molar-refractivity contribution in [1.29, 1.82) is 0 Å². The first-order valence-corrected chi connectivity index (χ1v) is 10.5. The number of ketones is 1. The van der Waals surface area contributed by atoms with Gasteiger partial charge in [-0.1, -0.05) is 29.9 Å². The number of rotatable bonds is 9. The average molecular weight is 490 g/mol. The van der Waals surface area contributed by atoms with Crippen LogP contribution in [0.5, 0.6) is 23.0 Å². The highest BCUT2D eigenvalue weighted by atomic mass is 35.5. The van der Waals surface area contributed by atoms with Gasteiger partial charge in [-0.3, -0.25) is 4.79 Å². The zero-order valence-electron chi connectivity index (χ0n) is 20.4. The van der Waals surface area contributed by atoms with Crippen LogP contribution in [0.15, 0.2) is 48.1 Å². The number of phenols is 2. The summed E-state index contributed by atoms with van der Waals surface area (Å²) in [4.78, 5) is 24.8. The fraction of sp³-hybridized carbons (Fsp3) is 0.308. The Bertz CT molecular complexity index is 1080. The number of allylic oxidation sites excluding steroid dienone is 3. The van der Waals surface area contributed by atoms with Gasteiger partial charge in [-0.05, 0) is 44.0 Å². The lowest BCUT2D eigenvalue weighted by Gasteiger charge is -2.22. The van der Waals surface area contributed by atoms with Crippen LogP contribution in [-0.2, 0) is 11.2 Å². The molecule has 0 bridgehead atoms. The van der Waals surface area contributed by atoms with E-state index in [1.165, 1.54) is 19.3 Å². The minimum atomic E-state index is -0.471. The summed E-state index contributed by atoms with van der Waals surface area (Å²) in [6.45, 7) is 4.05. The number of hydrogen-bond donors (Lipinski definition) is 2. The van der Waals surface area contributed by atoms with Gasteiger partial charge in [0.15, 0.2) is 12.3 Å². The summed E-state index contributed by atoms with van der Waals surface area (Å²) >= 11 is 0. The summed E-state index contributed by atoms with van der Waals surface area (Å²) in [7, 11) is 7.07. The van der Waals surface area contributed by atoms with Gasteiger partial charge in [0, 0.05) is 11.6 Å². The standard InChI is InChI=1S/C26H31NO6.ClH/c1-17(2)7-13-20-22(29)15-23(32-6)25(26(20)31)21(28)14-10-18-8-11-19(12-9-18)33-24(30)16-27(3,4)5;/h7-12,14-15H,13,16H2,1-6H3,(H-,28,29,31);1H/b14-10+;. The van der Waals surface area contributed by atoms with Crippen LogP contribution in [0.4, 0.5) is 0 Å². The second-order valence-electron chi connectivity index (χ2n) is 8.97. The van der Waals surface area contributed by atoms with Gasteiger partial charge in [0.2, 0.25) is 0 Å². The topological polar surface area (TPSA) is 93.1 Å². The van der Waals surface area contributed by atoms with Gasteiger partial charge in [-0.15, -0.1) is 0 Å². The molecule has 0 saturated heterocycles. The Morgan fingerprint density at radius 3 is 2.21 bits per heavy atom. The predicted octanol–water partition coefficient (Wildman–Crippen LogP) is 1.13. The molecular weight excluding hydrogens is 458 g/mol. The number of ether oxygens (including phenoxy) is 2. The monoisotopic (exact) mass is 489 g/mol. The first-order valence-electron chi connectivity index (χ1n) is 10.5. The van der Waals surface area contributed by atoms with E-state index in [0.29, 0.717) is 15.8 Å². The van der Waals surface area contributed by atoms with Crippen molar-refractivity contribution >= 4 is 17.8 Å². The minimum absolute atomic E-state index is 0. The van der Waals surface area contributed by atoms with E-state index < -0.39 is 5.78 Å². The number of hydrogen-bond acceptors (Lipinski definition) is 6. The third-order valence-corrected chi connectivity index (χ3v) is 4.67. The summed E-state index contributed by atoms with van der Waals surface area (Å²) in [6.07, 6.45) is 5.03. The summed E-state index contributed by atoms with van der Waals surface area (Å²) in [5.74, 6) is -0.754. The number of esters is 1. The Balaban J connectivity index is 0.00000578. The molecule has 0 spiro atoms. The number of aromatic hydroxyl groups is 2. The number of methoxy groups -OCH3 is 1. The molecular formula is C26H32ClNO6. The maximum atomic E-state index is 12.9. The fourth-order valence-corrected chi connectivity index (χ4v) is 3.03. The molecule has 184 valence electrons. The van der Waals surface area contributed by atoms with Crippen molar-refractivity contribution in [2.45, 2.75) is 20.3 Å². The van der Waals surface area contributed by atoms with E-state index >= 15 is 0 Å². The highest BCUT2D eigenvalue weighted by Crippen LogP contribution is 2.39. The third-order valence-electron chi connectivity index (χ3n) is 4.67. The van der Waals surface area contributed by atoms with Crippen molar-refractivity contribution < 1.29 is 46.2 Å². The molecule has 0 aromatic heterocycles. The van der Waals surface area contributed by atoms with Gasteiger partial charge in [0.25, 0.3) is 0 Å².